The molecule has 0 radical (unpaired) electrons. The number of carbonyl (C=O) groups is 1. The van der Waals surface area contributed by atoms with Gasteiger partial charge in [-0.15, -0.1) is 0 Å². The summed E-state index contributed by atoms with van der Waals surface area (Å²) in [5.74, 6) is 0.492. The normalized spacial score (nSPS) is 18.1. The fourth-order valence-corrected chi connectivity index (χ4v) is 4.19. The van der Waals surface area contributed by atoms with Crippen molar-refractivity contribution in [2.24, 2.45) is 0 Å². The molecular weight excluding hydrogens is 402 g/mol. The van der Waals surface area contributed by atoms with E-state index in [4.69, 9.17) is 16.3 Å². The van der Waals surface area contributed by atoms with Gasteiger partial charge < -0.3 is 25.4 Å². The molecular formula is C23H26ClN3O3. The zero-order chi connectivity index (χ0) is 21.1. The van der Waals surface area contributed by atoms with Crippen molar-refractivity contribution in [1.29, 1.82) is 0 Å². The van der Waals surface area contributed by atoms with E-state index >= 15 is 0 Å². The van der Waals surface area contributed by atoms with E-state index in [1.807, 2.05) is 30.3 Å². The first-order chi connectivity index (χ1) is 14.5. The van der Waals surface area contributed by atoms with Crippen LogP contribution in [-0.2, 0) is 4.79 Å². The van der Waals surface area contributed by atoms with Crippen LogP contribution in [-0.4, -0.2) is 55.2 Å². The molecule has 3 N–H and O–H groups in total. The molecule has 158 valence electrons. The van der Waals surface area contributed by atoms with E-state index in [-0.39, 0.29) is 17.2 Å². The number of anilines is 1. The van der Waals surface area contributed by atoms with E-state index in [9.17, 15) is 9.90 Å². The zero-order valence-corrected chi connectivity index (χ0v) is 17.8. The Morgan fingerprint density at radius 1 is 1.17 bits per heavy atom. The molecule has 1 fully saturated rings. The summed E-state index contributed by atoms with van der Waals surface area (Å²) in [7, 11) is 0. The summed E-state index contributed by atoms with van der Waals surface area (Å²) in [5, 5.41) is 16.5. The molecule has 0 saturated carbocycles. The fourth-order valence-electron chi connectivity index (χ4n) is 3.91. The molecule has 0 spiro atoms. The summed E-state index contributed by atoms with van der Waals surface area (Å²) in [6.07, 6.45) is 0.995. The van der Waals surface area contributed by atoms with E-state index in [1.54, 1.807) is 6.07 Å². The minimum atomic E-state index is -0.317. The van der Waals surface area contributed by atoms with Gasteiger partial charge in [0.05, 0.1) is 22.9 Å². The highest BCUT2D eigenvalue weighted by Crippen LogP contribution is 2.40. The Hall–Kier alpha value is -2.54. The molecule has 7 heteroatoms. The van der Waals surface area contributed by atoms with Crippen LogP contribution in [0.1, 0.15) is 18.9 Å². The second-order valence-electron chi connectivity index (χ2n) is 7.61. The van der Waals surface area contributed by atoms with E-state index in [0.29, 0.717) is 22.9 Å². The standard InChI is InChI=1S/C23H26ClN3O3/c1-15(28)22-19-13-18(20(24)14-21(19)26-23(22)29)16-3-5-17(6-4-16)30-12-2-9-27-10-7-25-8-11-27/h3-6,13-14,25,28H,2,7-12H2,1H3,(H,26,29)/b22-15+. The molecule has 1 amide bonds. The highest BCUT2D eigenvalue weighted by atomic mass is 35.5. The average molecular weight is 428 g/mol. The number of nitrogens with one attached hydrogen (secondary N) is 2. The molecule has 4 rings (SSSR count). The first-order valence-corrected chi connectivity index (χ1v) is 10.6. The third kappa shape index (κ3) is 4.46. The number of aliphatic hydroxyl groups is 1. The van der Waals surface area contributed by atoms with Crippen molar-refractivity contribution in [2.45, 2.75) is 13.3 Å². The van der Waals surface area contributed by atoms with Crippen molar-refractivity contribution in [1.82, 2.24) is 10.2 Å². The van der Waals surface area contributed by atoms with Gasteiger partial charge in [0.25, 0.3) is 5.91 Å². The van der Waals surface area contributed by atoms with Crippen molar-refractivity contribution < 1.29 is 14.6 Å². The summed E-state index contributed by atoms with van der Waals surface area (Å²) < 4.78 is 5.88. The monoisotopic (exact) mass is 427 g/mol. The van der Waals surface area contributed by atoms with E-state index in [0.717, 1.165) is 56.0 Å². The lowest BCUT2D eigenvalue weighted by Gasteiger charge is -2.26. The summed E-state index contributed by atoms with van der Waals surface area (Å²) >= 11 is 6.46. The Bertz CT molecular complexity index is 962. The lowest BCUT2D eigenvalue weighted by molar-refractivity contribution is -0.110. The number of aliphatic hydroxyl groups excluding tert-OH is 1. The van der Waals surface area contributed by atoms with E-state index < -0.39 is 0 Å². The van der Waals surface area contributed by atoms with Crippen LogP contribution in [0, 0.1) is 0 Å². The van der Waals surface area contributed by atoms with Crippen LogP contribution in [0.2, 0.25) is 5.02 Å². The molecule has 2 heterocycles. The van der Waals surface area contributed by atoms with Crippen molar-refractivity contribution in [3.05, 3.63) is 52.7 Å². The van der Waals surface area contributed by atoms with Crippen molar-refractivity contribution in [3.63, 3.8) is 0 Å². The highest BCUT2D eigenvalue weighted by Gasteiger charge is 2.28. The molecule has 0 unspecified atom stereocenters. The number of fused-ring (bicyclic) bond motifs is 1. The lowest BCUT2D eigenvalue weighted by atomic mass is 9.98. The molecule has 1 saturated heterocycles. The number of ether oxygens (including phenoxy) is 1. The Balaban J connectivity index is 1.42. The second kappa shape index (κ2) is 9.08. The molecule has 0 aromatic heterocycles. The van der Waals surface area contributed by atoms with Gasteiger partial charge in [0.1, 0.15) is 11.5 Å². The largest absolute Gasteiger partial charge is 0.512 e. The maximum atomic E-state index is 12.1. The number of benzene rings is 2. The van der Waals surface area contributed by atoms with Gasteiger partial charge in [-0.05, 0) is 43.2 Å². The highest BCUT2D eigenvalue weighted by molar-refractivity contribution is 6.36. The lowest BCUT2D eigenvalue weighted by Crippen LogP contribution is -2.43. The van der Waals surface area contributed by atoms with Crippen LogP contribution in [0.3, 0.4) is 0 Å². The smallest absolute Gasteiger partial charge is 0.259 e. The first-order valence-electron chi connectivity index (χ1n) is 10.2. The zero-order valence-electron chi connectivity index (χ0n) is 17.0. The minimum Gasteiger partial charge on any atom is -0.512 e. The molecule has 2 aromatic rings. The molecule has 2 aliphatic rings. The fraction of sp³-hybridized carbons (Fsp3) is 0.348. The summed E-state index contributed by atoms with van der Waals surface area (Å²) in [6, 6.07) is 11.3. The van der Waals surface area contributed by atoms with E-state index in [2.05, 4.69) is 15.5 Å². The maximum absolute atomic E-state index is 12.1. The van der Waals surface area contributed by atoms with Gasteiger partial charge in [-0.1, -0.05) is 23.7 Å². The predicted molar refractivity (Wildman–Crippen MR) is 120 cm³/mol. The summed E-state index contributed by atoms with van der Waals surface area (Å²) in [4.78, 5) is 14.6. The third-order valence-corrected chi connectivity index (χ3v) is 5.79. The van der Waals surface area contributed by atoms with Gasteiger partial charge in [-0.3, -0.25) is 4.79 Å². The number of halogens is 1. The quantitative estimate of drug-likeness (QED) is 0.370. The minimum absolute atomic E-state index is 0.0101. The Morgan fingerprint density at radius 3 is 2.60 bits per heavy atom. The van der Waals surface area contributed by atoms with Gasteiger partial charge in [0.15, 0.2) is 0 Å². The van der Waals surface area contributed by atoms with Crippen LogP contribution >= 0.6 is 11.6 Å². The Morgan fingerprint density at radius 2 is 1.90 bits per heavy atom. The average Bonchev–Trinajstić information content (AvgIpc) is 3.06. The van der Waals surface area contributed by atoms with Gasteiger partial charge in [0, 0.05) is 43.9 Å². The molecule has 2 aliphatic heterocycles. The first kappa shape index (κ1) is 20.7. The van der Waals surface area contributed by atoms with Crippen LogP contribution in [0.25, 0.3) is 16.7 Å². The molecule has 2 aromatic carbocycles. The SMILES string of the molecule is C/C(O)=C1\C(=O)Nc2cc(Cl)c(-c3ccc(OCCCN4CCNCC4)cc3)cc21. The van der Waals surface area contributed by atoms with Gasteiger partial charge in [0.2, 0.25) is 0 Å². The maximum Gasteiger partial charge on any atom is 0.259 e. The number of hydrogen-bond donors (Lipinski definition) is 3. The number of rotatable bonds is 6. The number of allylic oxidation sites excluding steroid dienone is 1. The van der Waals surface area contributed by atoms with Crippen molar-refractivity contribution in [2.75, 3.05) is 44.6 Å². The number of hydrogen-bond acceptors (Lipinski definition) is 5. The van der Waals surface area contributed by atoms with Gasteiger partial charge in [-0.2, -0.15) is 0 Å². The van der Waals surface area contributed by atoms with Crippen LogP contribution in [0.5, 0.6) is 5.75 Å². The summed E-state index contributed by atoms with van der Waals surface area (Å²) in [6.45, 7) is 7.57. The summed E-state index contributed by atoms with van der Waals surface area (Å²) in [5.41, 5.74) is 3.28. The van der Waals surface area contributed by atoms with Crippen LogP contribution in [0.15, 0.2) is 42.2 Å². The Kier molecular flexibility index (Phi) is 6.27. The molecule has 0 aliphatic carbocycles. The molecule has 0 atom stereocenters. The number of piperazine rings is 1. The number of nitrogens with zero attached hydrogens (tertiary/aromatic N) is 1. The second-order valence-corrected chi connectivity index (χ2v) is 8.02. The number of amides is 1. The molecule has 30 heavy (non-hydrogen) atoms. The number of carbonyl (C=O) groups excluding carboxylic acids is 1. The Labute approximate surface area is 181 Å². The van der Waals surface area contributed by atoms with Crippen LogP contribution in [0.4, 0.5) is 5.69 Å². The molecule has 0 bridgehead atoms. The molecule has 6 nitrogen and oxygen atoms in total. The van der Waals surface area contributed by atoms with E-state index in [1.165, 1.54) is 6.92 Å². The topological polar surface area (TPSA) is 73.8 Å². The van der Waals surface area contributed by atoms with Gasteiger partial charge in [-0.25, -0.2) is 0 Å². The van der Waals surface area contributed by atoms with Gasteiger partial charge >= 0.3 is 0 Å². The third-order valence-electron chi connectivity index (χ3n) is 5.48. The predicted octanol–water partition coefficient (Wildman–Crippen LogP) is 3.92. The van der Waals surface area contributed by atoms with Crippen molar-refractivity contribution >= 4 is 28.8 Å². The van der Waals surface area contributed by atoms with Crippen molar-refractivity contribution in [3.8, 4) is 16.9 Å². The van der Waals surface area contributed by atoms with Crippen LogP contribution < -0.4 is 15.4 Å².